The van der Waals surface area contributed by atoms with Crippen LogP contribution in [0.1, 0.15) is 16.8 Å². The lowest BCUT2D eigenvalue weighted by molar-refractivity contribution is -0.393. The Bertz CT molecular complexity index is 867. The molecule has 0 radical (unpaired) electrons. The van der Waals surface area contributed by atoms with Crippen molar-refractivity contribution in [2.75, 3.05) is 5.43 Å². The Morgan fingerprint density at radius 2 is 2.04 bits per heavy atom. The number of benzene rings is 1. The number of rotatable bonds is 6. The van der Waals surface area contributed by atoms with Crippen LogP contribution in [0.25, 0.3) is 0 Å². The summed E-state index contributed by atoms with van der Waals surface area (Å²) in [5.74, 6) is -0.185. The van der Waals surface area contributed by atoms with Crippen molar-refractivity contribution in [2.24, 2.45) is 5.10 Å². The largest absolute Gasteiger partial charge is 0.505 e. The fraction of sp³-hybridized carbons (Fsp3) is 0.143. The van der Waals surface area contributed by atoms with E-state index in [2.05, 4.69) is 15.5 Å². The van der Waals surface area contributed by atoms with Gasteiger partial charge < -0.3 is 10.2 Å². The minimum absolute atomic E-state index is 0.0670. The zero-order valence-electron chi connectivity index (χ0n) is 12.9. The number of nitrogens with one attached hydrogen (secondary N) is 1. The van der Waals surface area contributed by atoms with Crippen LogP contribution in [0.4, 0.5) is 17.1 Å². The van der Waals surface area contributed by atoms with Gasteiger partial charge in [-0.3, -0.25) is 30.6 Å². The number of hydrazone groups is 1. The molecule has 11 heteroatoms. The molecule has 0 unspecified atom stereocenters. The molecule has 130 valence electrons. The molecule has 0 amide bonds. The quantitative estimate of drug-likeness (QED) is 0.404. The van der Waals surface area contributed by atoms with Crippen molar-refractivity contribution in [3.63, 3.8) is 0 Å². The molecule has 1 heterocycles. The molecule has 0 bridgehead atoms. The van der Waals surface area contributed by atoms with Crippen LogP contribution in [0.3, 0.4) is 0 Å². The Labute approximate surface area is 140 Å². The average molecular weight is 347 g/mol. The molecule has 0 spiro atoms. The van der Waals surface area contributed by atoms with E-state index < -0.39 is 21.2 Å². The second kappa shape index (κ2) is 7.31. The molecule has 0 aliphatic heterocycles. The summed E-state index contributed by atoms with van der Waals surface area (Å²) in [6.07, 6.45) is 2.53. The van der Waals surface area contributed by atoms with E-state index in [0.29, 0.717) is 11.3 Å². The molecule has 1 aromatic heterocycles. The maximum Gasteiger partial charge on any atom is 0.301 e. The topological polar surface area (TPSA) is 164 Å². The van der Waals surface area contributed by atoms with Crippen LogP contribution in [0.2, 0.25) is 0 Å². The highest BCUT2D eigenvalue weighted by Gasteiger charge is 2.19. The molecule has 0 aliphatic rings. The highest BCUT2D eigenvalue weighted by atomic mass is 16.6. The number of non-ortho nitro benzene ring substituents is 1. The third-order valence-electron chi connectivity index (χ3n) is 3.30. The minimum atomic E-state index is -0.780. The van der Waals surface area contributed by atoms with Gasteiger partial charge in [0.05, 0.1) is 34.4 Å². The lowest BCUT2D eigenvalue weighted by atomic mass is 10.1. The molecule has 0 atom stereocenters. The lowest BCUT2D eigenvalue weighted by Crippen LogP contribution is -2.01. The summed E-state index contributed by atoms with van der Waals surface area (Å²) in [4.78, 5) is 24.1. The Balaban J connectivity index is 2.33. The van der Waals surface area contributed by atoms with Crippen LogP contribution in [0, 0.1) is 27.2 Å². The summed E-state index contributed by atoms with van der Waals surface area (Å²) < 4.78 is 0. The summed E-state index contributed by atoms with van der Waals surface area (Å²) in [5, 5.41) is 44.8. The van der Waals surface area contributed by atoms with E-state index in [0.717, 1.165) is 18.2 Å². The summed E-state index contributed by atoms with van der Waals surface area (Å²) in [5.41, 5.74) is 2.22. The van der Waals surface area contributed by atoms with Gasteiger partial charge in [0.2, 0.25) is 0 Å². The van der Waals surface area contributed by atoms with E-state index in [1.165, 1.54) is 12.4 Å². The second-order valence-corrected chi connectivity index (χ2v) is 4.87. The zero-order chi connectivity index (χ0) is 18.6. The van der Waals surface area contributed by atoms with Gasteiger partial charge in [0.15, 0.2) is 0 Å². The molecule has 0 saturated heterocycles. The number of hydrogen-bond donors (Lipinski definition) is 3. The summed E-state index contributed by atoms with van der Waals surface area (Å²) in [7, 11) is 0. The smallest absolute Gasteiger partial charge is 0.301 e. The monoisotopic (exact) mass is 347 g/mol. The van der Waals surface area contributed by atoms with Crippen LogP contribution in [0.5, 0.6) is 5.75 Å². The first-order valence-corrected chi connectivity index (χ1v) is 6.85. The van der Waals surface area contributed by atoms with Crippen LogP contribution in [-0.2, 0) is 6.61 Å². The third-order valence-corrected chi connectivity index (χ3v) is 3.30. The van der Waals surface area contributed by atoms with Crippen molar-refractivity contribution >= 4 is 23.3 Å². The predicted octanol–water partition coefficient (Wildman–Crippen LogP) is 1.85. The zero-order valence-corrected chi connectivity index (χ0v) is 12.9. The van der Waals surface area contributed by atoms with Gasteiger partial charge in [0.1, 0.15) is 11.4 Å². The molecular weight excluding hydrogens is 334 g/mol. The first-order chi connectivity index (χ1) is 11.8. The molecule has 11 nitrogen and oxygen atoms in total. The maximum absolute atomic E-state index is 11.0. The number of aryl methyl sites for hydroxylation is 1. The minimum Gasteiger partial charge on any atom is -0.505 e. The number of nitro benzene ring substituents is 2. The fourth-order valence-corrected chi connectivity index (χ4v) is 1.97. The molecule has 0 fully saturated rings. The van der Waals surface area contributed by atoms with Gasteiger partial charge in [-0.15, -0.1) is 0 Å². The second-order valence-electron chi connectivity index (χ2n) is 4.87. The molecule has 25 heavy (non-hydrogen) atoms. The molecule has 3 N–H and O–H groups in total. The predicted molar refractivity (Wildman–Crippen MR) is 87.5 cm³/mol. The molecule has 0 aliphatic carbocycles. The van der Waals surface area contributed by atoms with Crippen molar-refractivity contribution in [1.29, 1.82) is 0 Å². The SMILES string of the molecule is Cc1ncc(CO)c(/C=N\Nc2ccc([N+](=O)[O-])cc2[N+](=O)[O-])c1O. The summed E-state index contributed by atoms with van der Waals surface area (Å²) in [6, 6.07) is 3.06. The number of nitrogens with zero attached hydrogens (tertiary/aromatic N) is 4. The van der Waals surface area contributed by atoms with E-state index in [1.54, 1.807) is 6.92 Å². The van der Waals surface area contributed by atoms with E-state index in [-0.39, 0.29) is 23.6 Å². The highest BCUT2D eigenvalue weighted by molar-refractivity contribution is 5.86. The Morgan fingerprint density at radius 1 is 1.32 bits per heavy atom. The Morgan fingerprint density at radius 3 is 2.64 bits per heavy atom. The van der Waals surface area contributed by atoms with Crippen molar-refractivity contribution in [3.8, 4) is 5.75 Å². The molecule has 1 aromatic carbocycles. The van der Waals surface area contributed by atoms with Crippen molar-refractivity contribution in [1.82, 2.24) is 4.98 Å². The van der Waals surface area contributed by atoms with E-state index in [1.807, 2.05) is 0 Å². The maximum atomic E-state index is 11.0. The van der Waals surface area contributed by atoms with Crippen molar-refractivity contribution in [2.45, 2.75) is 13.5 Å². The van der Waals surface area contributed by atoms with Crippen molar-refractivity contribution in [3.05, 3.63) is 61.4 Å². The van der Waals surface area contributed by atoms with Crippen molar-refractivity contribution < 1.29 is 20.1 Å². The van der Waals surface area contributed by atoms with E-state index in [9.17, 15) is 30.4 Å². The number of aliphatic hydroxyl groups excluding tert-OH is 1. The lowest BCUT2D eigenvalue weighted by Gasteiger charge is -2.07. The number of aliphatic hydroxyl groups is 1. The van der Waals surface area contributed by atoms with E-state index in [4.69, 9.17) is 0 Å². The van der Waals surface area contributed by atoms with Crippen LogP contribution >= 0.6 is 0 Å². The number of aromatic nitrogens is 1. The summed E-state index contributed by atoms with van der Waals surface area (Å²) >= 11 is 0. The van der Waals surface area contributed by atoms with Gasteiger partial charge in [-0.25, -0.2) is 0 Å². The van der Waals surface area contributed by atoms with Gasteiger partial charge in [0, 0.05) is 23.4 Å². The first-order valence-electron chi connectivity index (χ1n) is 6.85. The average Bonchev–Trinajstić information content (AvgIpc) is 2.58. The van der Waals surface area contributed by atoms with E-state index >= 15 is 0 Å². The van der Waals surface area contributed by atoms with Crippen LogP contribution in [-0.4, -0.2) is 31.3 Å². The van der Waals surface area contributed by atoms with Crippen LogP contribution < -0.4 is 5.43 Å². The standard InChI is InChI=1S/C14H13N5O6/c1-8-14(21)11(9(7-20)5-15-8)6-16-17-12-3-2-10(18(22)23)4-13(12)19(24)25/h2-6,17,20-21H,7H2,1H3/b16-6-. The number of hydrogen-bond acceptors (Lipinski definition) is 9. The molecule has 0 saturated carbocycles. The van der Waals surface area contributed by atoms with Gasteiger partial charge in [-0.2, -0.15) is 5.10 Å². The molecule has 2 aromatic rings. The Hall–Kier alpha value is -3.60. The molecule has 2 rings (SSSR count). The number of aromatic hydroxyl groups is 1. The van der Waals surface area contributed by atoms with Crippen LogP contribution in [0.15, 0.2) is 29.5 Å². The first kappa shape index (κ1) is 17.7. The van der Waals surface area contributed by atoms with Gasteiger partial charge in [-0.05, 0) is 13.0 Å². The highest BCUT2D eigenvalue weighted by Crippen LogP contribution is 2.29. The fourth-order valence-electron chi connectivity index (χ4n) is 1.97. The van der Waals surface area contributed by atoms with Gasteiger partial charge >= 0.3 is 5.69 Å². The van der Waals surface area contributed by atoms with Gasteiger partial charge in [-0.1, -0.05) is 0 Å². The third kappa shape index (κ3) is 3.84. The number of pyridine rings is 1. The number of nitro groups is 2. The Kier molecular flexibility index (Phi) is 5.19. The van der Waals surface area contributed by atoms with Gasteiger partial charge in [0.25, 0.3) is 5.69 Å². The molecular formula is C14H13N5O6. The summed E-state index contributed by atoms with van der Waals surface area (Å²) in [6.45, 7) is 1.17. The normalized spacial score (nSPS) is 10.8. The number of anilines is 1.